The molecule has 0 radical (unpaired) electrons. The number of hydrogen-bond acceptors (Lipinski definition) is 0. The molecule has 0 spiro atoms. The summed E-state index contributed by atoms with van der Waals surface area (Å²) in [6.45, 7) is 0. The molecule has 0 aromatic rings. The van der Waals surface area contributed by atoms with Gasteiger partial charge in [-0.3, -0.25) is 0 Å². The molecule has 9 heavy (non-hydrogen) atoms. The molecule has 0 amide bonds. The van der Waals surface area contributed by atoms with Crippen molar-refractivity contribution in [3.63, 3.8) is 0 Å². The quantitative estimate of drug-likeness (QED) is 0.480. The van der Waals surface area contributed by atoms with Gasteiger partial charge in [-0.25, -0.2) is 0 Å². The fourth-order valence-corrected chi connectivity index (χ4v) is 0.513. The second-order valence-corrected chi connectivity index (χ2v) is 1.54. The van der Waals surface area contributed by atoms with Gasteiger partial charge in [0, 0.05) is 0 Å². The Morgan fingerprint density at radius 1 is 0.333 bits per heavy atom. The van der Waals surface area contributed by atoms with Crippen LogP contribution >= 0.6 is 0 Å². The van der Waals surface area contributed by atoms with Crippen LogP contribution in [0.4, 0.5) is 0 Å². The van der Waals surface area contributed by atoms with E-state index in [0.29, 0.717) is 0 Å². The molecule has 0 saturated heterocycles. The third-order valence-electron chi connectivity index (χ3n) is 0.889. The molecule has 0 fully saturated rings. The van der Waals surface area contributed by atoms with Gasteiger partial charge < -0.3 is 0 Å². The summed E-state index contributed by atoms with van der Waals surface area (Å²) >= 11 is 0. The second-order valence-electron chi connectivity index (χ2n) is 1.54. The Hall–Kier alpha value is -0.546. The monoisotopic (exact) mass is 162 g/mol. The largest absolute Gasteiger partial charge is 2.00 e. The first-order chi connectivity index (χ1) is 4.00. The van der Waals surface area contributed by atoms with Gasteiger partial charge in [-0.05, 0) is 0 Å². The van der Waals surface area contributed by atoms with Crippen molar-refractivity contribution in [3.05, 3.63) is 48.6 Å². The van der Waals surface area contributed by atoms with Crippen LogP contribution in [0.2, 0.25) is 0 Å². The predicted octanol–water partition coefficient (Wildman–Crippen LogP) is 2.22. The normalized spacial score (nSPS) is 28.4. The molecule has 0 atom stereocenters. The molecule has 0 aromatic carbocycles. The van der Waals surface area contributed by atoms with Crippen LogP contribution in [0, 0.1) is 0 Å². The van der Waals surface area contributed by atoms with Gasteiger partial charge in [0.15, 0.2) is 0 Å². The van der Waals surface area contributed by atoms with Gasteiger partial charge in [-0.2, -0.15) is 0 Å². The van der Waals surface area contributed by atoms with Crippen molar-refractivity contribution in [2.45, 2.75) is 0 Å². The number of hydrogen-bond donors (Lipinski definition) is 0. The summed E-state index contributed by atoms with van der Waals surface area (Å²) in [5.41, 5.74) is 0. The Bertz CT molecular complexity index is 105. The summed E-state index contributed by atoms with van der Waals surface area (Å²) in [5.74, 6) is 0. The van der Waals surface area contributed by atoms with Gasteiger partial charge >= 0.3 is 16.5 Å². The first-order valence-electron chi connectivity index (χ1n) is 2.67. The van der Waals surface area contributed by atoms with Crippen molar-refractivity contribution < 1.29 is 16.5 Å². The van der Waals surface area contributed by atoms with Crippen molar-refractivity contribution >= 4 is 0 Å². The molecule has 48 valence electrons. The molecule has 1 aliphatic carbocycles. The summed E-state index contributed by atoms with van der Waals surface area (Å²) in [5, 5.41) is 0. The van der Waals surface area contributed by atoms with Gasteiger partial charge in [0.05, 0.1) is 0 Å². The van der Waals surface area contributed by atoms with Crippen LogP contribution in [0.5, 0.6) is 0 Å². The standard InChI is InChI=1S/C8H8.Ni/c1-2-4-6-8-7-5-3-1;/h1-8H;/q;+2/b2-1-,3-1?,4-2?,5-3-,6-4-,7-5?,8-6?,8-7-;. The van der Waals surface area contributed by atoms with Crippen LogP contribution < -0.4 is 0 Å². The van der Waals surface area contributed by atoms with E-state index in [2.05, 4.69) is 0 Å². The Labute approximate surface area is 65.6 Å². The topological polar surface area (TPSA) is 0 Å². The molecule has 0 saturated carbocycles. The fraction of sp³-hybridized carbons (Fsp3) is 0. The van der Waals surface area contributed by atoms with E-state index in [9.17, 15) is 0 Å². The zero-order valence-electron chi connectivity index (χ0n) is 4.94. The van der Waals surface area contributed by atoms with E-state index in [1.54, 1.807) is 0 Å². The third kappa shape index (κ3) is 3.99. The Kier molecular flexibility index (Phi) is 5.25. The van der Waals surface area contributed by atoms with Crippen LogP contribution in [0.3, 0.4) is 0 Å². The van der Waals surface area contributed by atoms with E-state index < -0.39 is 0 Å². The molecular formula is C8H8Ni+2. The molecule has 0 nitrogen and oxygen atoms in total. The first kappa shape index (κ1) is 8.45. The van der Waals surface area contributed by atoms with Gasteiger partial charge in [0.25, 0.3) is 0 Å². The van der Waals surface area contributed by atoms with Crippen LogP contribution in [0.25, 0.3) is 0 Å². The van der Waals surface area contributed by atoms with E-state index >= 15 is 0 Å². The van der Waals surface area contributed by atoms with Gasteiger partial charge in [-0.1, -0.05) is 48.6 Å². The van der Waals surface area contributed by atoms with E-state index in [1.807, 2.05) is 48.6 Å². The molecule has 0 aliphatic heterocycles. The van der Waals surface area contributed by atoms with Crippen LogP contribution in [0.15, 0.2) is 48.6 Å². The van der Waals surface area contributed by atoms with Crippen molar-refractivity contribution in [3.8, 4) is 0 Å². The smallest absolute Gasteiger partial charge is 0.0623 e. The van der Waals surface area contributed by atoms with Crippen molar-refractivity contribution in [2.75, 3.05) is 0 Å². The van der Waals surface area contributed by atoms with Crippen LogP contribution in [0.1, 0.15) is 0 Å². The van der Waals surface area contributed by atoms with E-state index in [4.69, 9.17) is 0 Å². The molecule has 0 heterocycles. The molecular weight excluding hydrogens is 155 g/mol. The Morgan fingerprint density at radius 2 is 0.444 bits per heavy atom. The zero-order valence-corrected chi connectivity index (χ0v) is 5.92. The molecule has 1 aliphatic rings. The van der Waals surface area contributed by atoms with Crippen LogP contribution in [-0.2, 0) is 16.5 Å². The SMILES string of the molecule is C1=C\C=C/C=C\C=C/1.[Ni+2]. The van der Waals surface area contributed by atoms with E-state index in [-0.39, 0.29) is 16.5 Å². The predicted molar refractivity (Wildman–Crippen MR) is 36.6 cm³/mol. The average molecular weight is 163 g/mol. The van der Waals surface area contributed by atoms with Crippen molar-refractivity contribution in [1.82, 2.24) is 0 Å². The minimum absolute atomic E-state index is 0. The minimum Gasteiger partial charge on any atom is -0.0623 e. The van der Waals surface area contributed by atoms with Crippen molar-refractivity contribution in [1.29, 1.82) is 0 Å². The Morgan fingerprint density at radius 3 is 0.556 bits per heavy atom. The molecule has 0 aromatic heterocycles. The molecule has 0 unspecified atom stereocenters. The average Bonchev–Trinajstić information content (AvgIpc) is 1.62. The first-order valence-corrected chi connectivity index (χ1v) is 2.67. The summed E-state index contributed by atoms with van der Waals surface area (Å²) < 4.78 is 0. The summed E-state index contributed by atoms with van der Waals surface area (Å²) in [7, 11) is 0. The zero-order chi connectivity index (χ0) is 5.66. The fourth-order valence-electron chi connectivity index (χ4n) is 0.513. The summed E-state index contributed by atoms with van der Waals surface area (Å²) in [4.78, 5) is 0. The maximum absolute atomic E-state index is 2.00. The molecule has 0 bridgehead atoms. The number of allylic oxidation sites excluding steroid dienone is 8. The van der Waals surface area contributed by atoms with E-state index in [1.165, 1.54) is 0 Å². The van der Waals surface area contributed by atoms with Gasteiger partial charge in [-0.15, -0.1) is 0 Å². The summed E-state index contributed by atoms with van der Waals surface area (Å²) in [6, 6.07) is 0. The van der Waals surface area contributed by atoms with Gasteiger partial charge in [0.1, 0.15) is 0 Å². The minimum atomic E-state index is 0. The Balaban J connectivity index is 0.000000640. The maximum atomic E-state index is 2.00. The maximum Gasteiger partial charge on any atom is 2.00 e. The molecule has 1 rings (SSSR count). The molecule has 1 heteroatoms. The van der Waals surface area contributed by atoms with E-state index in [0.717, 1.165) is 0 Å². The molecule has 0 N–H and O–H groups in total. The summed E-state index contributed by atoms with van der Waals surface area (Å²) in [6.07, 6.45) is 16.0. The van der Waals surface area contributed by atoms with Crippen molar-refractivity contribution in [2.24, 2.45) is 0 Å². The third-order valence-corrected chi connectivity index (χ3v) is 0.889. The van der Waals surface area contributed by atoms with Gasteiger partial charge in [0.2, 0.25) is 0 Å². The second kappa shape index (κ2) is 5.59. The van der Waals surface area contributed by atoms with Crippen LogP contribution in [-0.4, -0.2) is 0 Å². The number of rotatable bonds is 0.